The molecular formula is C14H26O. The second-order valence-corrected chi connectivity index (χ2v) is 4.20. The number of carbonyl (C=O) groups is 1. The number of hydrogen-bond acceptors (Lipinski definition) is 1. The maximum atomic E-state index is 10.1. The summed E-state index contributed by atoms with van der Waals surface area (Å²) < 4.78 is 0. The SMILES string of the molecule is CCCCCCC.O=CC1=CCCCC1. The molecule has 0 aromatic heterocycles. The molecule has 0 radical (unpaired) electrons. The zero-order valence-electron chi connectivity index (χ0n) is 10.4. The molecule has 0 saturated carbocycles. The number of unbranched alkanes of at least 4 members (excludes halogenated alkanes) is 4. The standard InChI is InChI=1S/C7H10O.C7H16/c8-6-7-4-2-1-3-5-7;1-3-5-7-6-4-2/h4,6H,1-3,5H2;3-7H2,1-2H3. The Morgan fingerprint density at radius 3 is 2.13 bits per heavy atom. The first-order valence-electron chi connectivity index (χ1n) is 6.49. The molecule has 1 rings (SSSR count). The van der Waals surface area contributed by atoms with E-state index in [4.69, 9.17) is 0 Å². The Morgan fingerprint density at radius 1 is 1.13 bits per heavy atom. The van der Waals surface area contributed by atoms with E-state index in [2.05, 4.69) is 13.8 Å². The average molecular weight is 210 g/mol. The van der Waals surface area contributed by atoms with Gasteiger partial charge in [0.25, 0.3) is 0 Å². The molecule has 0 aromatic carbocycles. The van der Waals surface area contributed by atoms with Crippen molar-refractivity contribution in [1.29, 1.82) is 0 Å². The van der Waals surface area contributed by atoms with Crippen molar-refractivity contribution < 1.29 is 4.79 Å². The minimum absolute atomic E-state index is 0.971. The molecule has 0 N–H and O–H groups in total. The van der Waals surface area contributed by atoms with Crippen LogP contribution in [-0.4, -0.2) is 6.29 Å². The van der Waals surface area contributed by atoms with E-state index in [0.29, 0.717) is 0 Å². The second-order valence-electron chi connectivity index (χ2n) is 4.20. The predicted octanol–water partition coefficient (Wildman–Crippen LogP) is 4.66. The first-order chi connectivity index (χ1) is 7.35. The molecular weight excluding hydrogens is 184 g/mol. The lowest BCUT2D eigenvalue weighted by atomic mass is 10.0. The van der Waals surface area contributed by atoms with Crippen molar-refractivity contribution in [3.8, 4) is 0 Å². The molecule has 1 nitrogen and oxygen atoms in total. The lowest BCUT2D eigenvalue weighted by Gasteiger charge is -2.04. The maximum absolute atomic E-state index is 10.1. The summed E-state index contributed by atoms with van der Waals surface area (Å²) in [5.41, 5.74) is 0.997. The zero-order valence-corrected chi connectivity index (χ0v) is 10.4. The molecule has 0 fully saturated rings. The van der Waals surface area contributed by atoms with Crippen molar-refractivity contribution >= 4 is 6.29 Å². The largest absolute Gasteiger partial charge is 0.298 e. The van der Waals surface area contributed by atoms with Gasteiger partial charge in [-0.3, -0.25) is 4.79 Å². The third-order valence-corrected chi connectivity index (χ3v) is 2.68. The van der Waals surface area contributed by atoms with Crippen LogP contribution in [0.1, 0.15) is 71.6 Å². The highest BCUT2D eigenvalue weighted by Crippen LogP contribution is 2.14. The quantitative estimate of drug-likeness (QED) is 0.476. The summed E-state index contributed by atoms with van der Waals surface area (Å²) in [5, 5.41) is 0. The van der Waals surface area contributed by atoms with Gasteiger partial charge >= 0.3 is 0 Å². The normalized spacial score (nSPS) is 14.9. The highest BCUT2D eigenvalue weighted by molar-refractivity contribution is 5.73. The van der Waals surface area contributed by atoms with Crippen LogP contribution in [-0.2, 0) is 4.79 Å². The van der Waals surface area contributed by atoms with Gasteiger partial charge in [-0.1, -0.05) is 52.0 Å². The third kappa shape index (κ3) is 9.71. The summed E-state index contributed by atoms with van der Waals surface area (Å²) >= 11 is 0. The van der Waals surface area contributed by atoms with Crippen LogP contribution in [0.3, 0.4) is 0 Å². The molecule has 88 valence electrons. The first-order valence-corrected chi connectivity index (χ1v) is 6.49. The number of rotatable bonds is 5. The summed E-state index contributed by atoms with van der Waals surface area (Å²) in [5.74, 6) is 0. The molecule has 1 aliphatic carbocycles. The highest BCUT2D eigenvalue weighted by Gasteiger charge is 1.99. The topological polar surface area (TPSA) is 17.1 Å². The molecule has 0 amide bonds. The fourth-order valence-electron chi connectivity index (χ4n) is 1.65. The van der Waals surface area contributed by atoms with Gasteiger partial charge in [0.1, 0.15) is 6.29 Å². The third-order valence-electron chi connectivity index (χ3n) is 2.68. The van der Waals surface area contributed by atoms with Gasteiger partial charge in [0.2, 0.25) is 0 Å². The van der Waals surface area contributed by atoms with Gasteiger partial charge in [0.15, 0.2) is 0 Å². The van der Waals surface area contributed by atoms with Crippen molar-refractivity contribution in [2.24, 2.45) is 0 Å². The number of allylic oxidation sites excluding steroid dienone is 2. The molecule has 0 saturated heterocycles. The molecule has 1 aliphatic rings. The van der Waals surface area contributed by atoms with Crippen LogP contribution in [0, 0.1) is 0 Å². The van der Waals surface area contributed by atoms with Gasteiger partial charge in [-0.15, -0.1) is 0 Å². The minimum Gasteiger partial charge on any atom is -0.298 e. The molecule has 0 unspecified atom stereocenters. The Kier molecular flexibility index (Phi) is 11.0. The summed E-state index contributed by atoms with van der Waals surface area (Å²) in [7, 11) is 0. The van der Waals surface area contributed by atoms with Gasteiger partial charge in [0.05, 0.1) is 0 Å². The van der Waals surface area contributed by atoms with Crippen LogP contribution in [0.15, 0.2) is 11.6 Å². The predicted molar refractivity (Wildman–Crippen MR) is 67.0 cm³/mol. The molecule has 15 heavy (non-hydrogen) atoms. The van der Waals surface area contributed by atoms with E-state index in [0.717, 1.165) is 24.7 Å². The van der Waals surface area contributed by atoms with Crippen LogP contribution >= 0.6 is 0 Å². The monoisotopic (exact) mass is 210 g/mol. The zero-order chi connectivity index (χ0) is 11.4. The molecule has 0 bridgehead atoms. The smallest absolute Gasteiger partial charge is 0.145 e. The van der Waals surface area contributed by atoms with Gasteiger partial charge in [-0.2, -0.15) is 0 Å². The minimum atomic E-state index is 0.971. The lowest BCUT2D eigenvalue weighted by Crippen LogP contribution is -1.91. The number of aldehydes is 1. The molecule has 0 aromatic rings. The van der Waals surface area contributed by atoms with Crippen LogP contribution in [0.4, 0.5) is 0 Å². The summed E-state index contributed by atoms with van der Waals surface area (Å²) in [6, 6.07) is 0. The van der Waals surface area contributed by atoms with E-state index in [1.807, 2.05) is 6.08 Å². The molecule has 0 aliphatic heterocycles. The Bertz CT molecular complexity index is 166. The lowest BCUT2D eigenvalue weighted by molar-refractivity contribution is -0.105. The van der Waals surface area contributed by atoms with Crippen LogP contribution in [0.25, 0.3) is 0 Å². The second kappa shape index (κ2) is 11.5. The Morgan fingerprint density at radius 2 is 1.80 bits per heavy atom. The van der Waals surface area contributed by atoms with Crippen molar-refractivity contribution in [3.05, 3.63) is 11.6 Å². The molecule has 0 spiro atoms. The molecule has 0 heterocycles. The van der Waals surface area contributed by atoms with Crippen molar-refractivity contribution in [2.45, 2.75) is 71.6 Å². The van der Waals surface area contributed by atoms with Crippen LogP contribution < -0.4 is 0 Å². The Labute approximate surface area is 95.0 Å². The van der Waals surface area contributed by atoms with E-state index in [-0.39, 0.29) is 0 Å². The van der Waals surface area contributed by atoms with Crippen LogP contribution in [0.5, 0.6) is 0 Å². The maximum Gasteiger partial charge on any atom is 0.145 e. The fourth-order valence-corrected chi connectivity index (χ4v) is 1.65. The van der Waals surface area contributed by atoms with E-state index < -0.39 is 0 Å². The Hall–Kier alpha value is -0.590. The molecule has 0 atom stereocenters. The summed E-state index contributed by atoms with van der Waals surface area (Å²) in [6.45, 7) is 4.49. The molecule has 1 heteroatoms. The summed E-state index contributed by atoms with van der Waals surface area (Å²) in [6.07, 6.45) is 14.6. The number of hydrogen-bond donors (Lipinski definition) is 0. The first kappa shape index (κ1) is 14.4. The van der Waals surface area contributed by atoms with Gasteiger partial charge in [-0.05, 0) is 31.3 Å². The van der Waals surface area contributed by atoms with Gasteiger partial charge in [-0.25, -0.2) is 0 Å². The van der Waals surface area contributed by atoms with E-state index in [9.17, 15) is 4.79 Å². The van der Waals surface area contributed by atoms with Gasteiger partial charge in [0, 0.05) is 0 Å². The van der Waals surface area contributed by atoms with Crippen molar-refractivity contribution in [3.63, 3.8) is 0 Å². The number of carbonyl (C=O) groups excluding carboxylic acids is 1. The fraction of sp³-hybridized carbons (Fsp3) is 0.786. The van der Waals surface area contributed by atoms with Crippen molar-refractivity contribution in [1.82, 2.24) is 0 Å². The average Bonchev–Trinajstić information content (AvgIpc) is 2.32. The van der Waals surface area contributed by atoms with E-state index in [1.165, 1.54) is 44.9 Å². The highest BCUT2D eigenvalue weighted by atomic mass is 16.1. The van der Waals surface area contributed by atoms with E-state index in [1.54, 1.807) is 0 Å². The van der Waals surface area contributed by atoms with Gasteiger partial charge < -0.3 is 0 Å². The van der Waals surface area contributed by atoms with Crippen LogP contribution in [0.2, 0.25) is 0 Å². The Balaban J connectivity index is 0.000000265. The summed E-state index contributed by atoms with van der Waals surface area (Å²) in [4.78, 5) is 10.1. The van der Waals surface area contributed by atoms with Crippen molar-refractivity contribution in [2.75, 3.05) is 0 Å². The van der Waals surface area contributed by atoms with E-state index >= 15 is 0 Å².